The molecule has 0 aromatic heterocycles. The second kappa shape index (κ2) is 9.76. The molecule has 0 saturated heterocycles. The van der Waals surface area contributed by atoms with Crippen molar-refractivity contribution in [3.63, 3.8) is 0 Å². The fourth-order valence-corrected chi connectivity index (χ4v) is 4.28. The Morgan fingerprint density at radius 3 is 1.71 bits per heavy atom. The summed E-state index contributed by atoms with van der Waals surface area (Å²) in [6, 6.07) is 3.59. The van der Waals surface area contributed by atoms with Gasteiger partial charge in [0.2, 0.25) is 0 Å². The van der Waals surface area contributed by atoms with Crippen LogP contribution in [0.2, 0.25) is 0 Å². The lowest BCUT2D eigenvalue weighted by Crippen LogP contribution is -2.33. The molecule has 1 heterocycles. The predicted molar refractivity (Wildman–Crippen MR) is 113 cm³/mol. The van der Waals surface area contributed by atoms with Crippen LogP contribution < -0.4 is 14.2 Å². The van der Waals surface area contributed by atoms with Crippen LogP contribution in [0.15, 0.2) is 35.7 Å². The zero-order valence-electron chi connectivity index (χ0n) is 18.6. The number of rotatable bonds is 7. The summed E-state index contributed by atoms with van der Waals surface area (Å²) in [6.07, 6.45) is 7.73. The van der Waals surface area contributed by atoms with Gasteiger partial charge in [0.15, 0.2) is 11.5 Å². The molecule has 1 aromatic rings. The fourth-order valence-electron chi connectivity index (χ4n) is 4.28. The fraction of sp³-hybridized carbons (Fsp3) is 0.478. The number of carbonyl (C=O) groups excluding carboxylic acids is 2. The molecule has 0 atom stereocenters. The SMILES string of the molecule is COC(=O)C1=CN(C2CCCC2)C=C(C(=O)OC)C1c1cc(OC)c(OC)cc1OC. The summed E-state index contributed by atoms with van der Waals surface area (Å²) in [5.74, 6) is -0.448. The first-order valence-corrected chi connectivity index (χ1v) is 10.2. The van der Waals surface area contributed by atoms with Gasteiger partial charge in [-0.1, -0.05) is 12.8 Å². The number of hydrogen-bond acceptors (Lipinski definition) is 8. The Balaban J connectivity index is 2.21. The number of ether oxygens (including phenoxy) is 5. The van der Waals surface area contributed by atoms with E-state index in [4.69, 9.17) is 23.7 Å². The van der Waals surface area contributed by atoms with Crippen molar-refractivity contribution in [2.75, 3.05) is 35.5 Å². The van der Waals surface area contributed by atoms with Crippen LogP contribution in [0, 0.1) is 0 Å². The molecular weight excluding hydrogens is 402 g/mol. The highest BCUT2D eigenvalue weighted by Crippen LogP contribution is 2.46. The normalized spacial score (nSPS) is 17.0. The summed E-state index contributed by atoms with van der Waals surface area (Å²) >= 11 is 0. The molecule has 0 unspecified atom stereocenters. The first-order valence-electron chi connectivity index (χ1n) is 10.2. The molecule has 1 aliphatic carbocycles. The number of benzene rings is 1. The van der Waals surface area contributed by atoms with E-state index >= 15 is 0 Å². The van der Waals surface area contributed by atoms with E-state index < -0.39 is 17.9 Å². The van der Waals surface area contributed by atoms with Crippen molar-refractivity contribution in [2.45, 2.75) is 37.6 Å². The van der Waals surface area contributed by atoms with E-state index in [0.29, 0.717) is 34.0 Å². The van der Waals surface area contributed by atoms with Gasteiger partial charge in [0.05, 0.1) is 52.6 Å². The van der Waals surface area contributed by atoms with Crippen LogP contribution in [-0.4, -0.2) is 58.4 Å². The highest BCUT2D eigenvalue weighted by atomic mass is 16.5. The van der Waals surface area contributed by atoms with Crippen molar-refractivity contribution in [1.29, 1.82) is 0 Å². The number of esters is 2. The number of methoxy groups -OCH3 is 5. The molecule has 1 aromatic carbocycles. The Bertz CT molecular complexity index is 865. The third-order valence-corrected chi connectivity index (χ3v) is 5.83. The maximum Gasteiger partial charge on any atom is 0.336 e. The van der Waals surface area contributed by atoms with E-state index in [9.17, 15) is 9.59 Å². The van der Waals surface area contributed by atoms with Crippen LogP contribution in [0.5, 0.6) is 17.2 Å². The van der Waals surface area contributed by atoms with E-state index in [2.05, 4.69) is 0 Å². The van der Waals surface area contributed by atoms with Crippen LogP contribution >= 0.6 is 0 Å². The van der Waals surface area contributed by atoms with Gasteiger partial charge in [-0.3, -0.25) is 0 Å². The molecule has 168 valence electrons. The molecule has 0 radical (unpaired) electrons. The molecule has 0 amide bonds. The summed E-state index contributed by atoms with van der Waals surface area (Å²) in [4.78, 5) is 27.6. The molecular formula is C23H29NO7. The molecule has 31 heavy (non-hydrogen) atoms. The second-order valence-corrected chi connectivity index (χ2v) is 7.42. The van der Waals surface area contributed by atoms with Gasteiger partial charge in [-0.05, 0) is 18.9 Å². The van der Waals surface area contributed by atoms with Crippen molar-refractivity contribution in [3.8, 4) is 17.2 Å². The molecule has 0 bridgehead atoms. The van der Waals surface area contributed by atoms with Gasteiger partial charge in [-0.2, -0.15) is 0 Å². The highest BCUT2D eigenvalue weighted by Gasteiger charge is 2.39. The predicted octanol–water partition coefficient (Wildman–Crippen LogP) is 3.17. The van der Waals surface area contributed by atoms with Crippen LogP contribution in [0.25, 0.3) is 0 Å². The van der Waals surface area contributed by atoms with E-state index in [-0.39, 0.29) is 6.04 Å². The standard InChI is InChI=1S/C23H29NO7/c1-27-18-11-20(29-3)19(28-2)10-15(18)21-16(22(25)30-4)12-24(14-8-6-7-9-14)13-17(21)23(26)31-5/h10-14,21H,6-9H2,1-5H3. The molecule has 0 N–H and O–H groups in total. The molecule has 0 spiro atoms. The Morgan fingerprint density at radius 1 is 0.774 bits per heavy atom. The average Bonchev–Trinajstić information content (AvgIpc) is 3.36. The Morgan fingerprint density at radius 2 is 1.26 bits per heavy atom. The first kappa shape index (κ1) is 22.5. The van der Waals surface area contributed by atoms with Gasteiger partial charge in [0.1, 0.15) is 5.75 Å². The minimum absolute atomic E-state index is 0.215. The van der Waals surface area contributed by atoms with Crippen LogP contribution in [0.1, 0.15) is 37.2 Å². The quantitative estimate of drug-likeness (QED) is 0.609. The molecule has 1 saturated carbocycles. The van der Waals surface area contributed by atoms with Crippen LogP contribution in [0.3, 0.4) is 0 Å². The summed E-state index contributed by atoms with van der Waals surface area (Å²) in [7, 11) is 7.20. The smallest absolute Gasteiger partial charge is 0.336 e. The topological polar surface area (TPSA) is 83.5 Å². The summed E-state index contributed by atoms with van der Waals surface area (Å²) in [5.41, 5.74) is 1.21. The lowest BCUT2D eigenvalue weighted by Gasteiger charge is -2.34. The van der Waals surface area contributed by atoms with Crippen molar-refractivity contribution in [2.24, 2.45) is 0 Å². The minimum Gasteiger partial charge on any atom is -0.496 e. The van der Waals surface area contributed by atoms with Gasteiger partial charge in [0, 0.05) is 30.1 Å². The molecule has 8 heteroatoms. The van der Waals surface area contributed by atoms with E-state index in [0.717, 1.165) is 25.7 Å². The van der Waals surface area contributed by atoms with Crippen LogP contribution in [-0.2, 0) is 19.1 Å². The average molecular weight is 431 g/mol. The van der Waals surface area contributed by atoms with E-state index in [1.54, 1.807) is 24.5 Å². The van der Waals surface area contributed by atoms with Gasteiger partial charge < -0.3 is 28.6 Å². The molecule has 1 fully saturated rings. The maximum atomic E-state index is 12.9. The molecule has 1 aliphatic heterocycles. The molecule has 8 nitrogen and oxygen atoms in total. The Labute approximate surface area is 182 Å². The van der Waals surface area contributed by atoms with Gasteiger partial charge in [-0.25, -0.2) is 9.59 Å². The van der Waals surface area contributed by atoms with Crippen molar-refractivity contribution in [3.05, 3.63) is 41.2 Å². The highest BCUT2D eigenvalue weighted by molar-refractivity contribution is 5.99. The third kappa shape index (κ3) is 4.33. The summed E-state index contributed by atoms with van der Waals surface area (Å²) in [5, 5.41) is 0. The molecule has 3 rings (SSSR count). The minimum atomic E-state index is -0.757. The lowest BCUT2D eigenvalue weighted by molar-refractivity contribution is -0.137. The lowest BCUT2D eigenvalue weighted by atomic mass is 9.82. The third-order valence-electron chi connectivity index (χ3n) is 5.83. The number of nitrogens with zero attached hydrogens (tertiary/aromatic N) is 1. The van der Waals surface area contributed by atoms with Gasteiger partial charge >= 0.3 is 11.9 Å². The van der Waals surface area contributed by atoms with E-state index in [1.165, 1.54) is 35.5 Å². The zero-order valence-corrected chi connectivity index (χ0v) is 18.6. The van der Waals surface area contributed by atoms with Gasteiger partial charge in [-0.15, -0.1) is 0 Å². The second-order valence-electron chi connectivity index (χ2n) is 7.42. The van der Waals surface area contributed by atoms with Crippen LogP contribution in [0.4, 0.5) is 0 Å². The van der Waals surface area contributed by atoms with Gasteiger partial charge in [0.25, 0.3) is 0 Å². The van der Waals surface area contributed by atoms with Crippen molar-refractivity contribution < 1.29 is 33.3 Å². The largest absolute Gasteiger partial charge is 0.496 e. The number of hydrogen-bond donors (Lipinski definition) is 0. The zero-order chi connectivity index (χ0) is 22.5. The van der Waals surface area contributed by atoms with E-state index in [1.807, 2.05) is 4.90 Å². The van der Waals surface area contributed by atoms with Crippen molar-refractivity contribution >= 4 is 11.9 Å². The summed E-state index contributed by atoms with van der Waals surface area (Å²) < 4.78 is 26.6. The summed E-state index contributed by atoms with van der Waals surface area (Å²) in [6.45, 7) is 0. The Kier molecular flexibility index (Phi) is 7.09. The Hall–Kier alpha value is -3.16. The first-order chi connectivity index (χ1) is 15.0. The molecule has 2 aliphatic rings. The monoisotopic (exact) mass is 431 g/mol. The number of carbonyl (C=O) groups is 2. The van der Waals surface area contributed by atoms with Crippen molar-refractivity contribution in [1.82, 2.24) is 4.90 Å². The maximum absolute atomic E-state index is 12.9.